The summed E-state index contributed by atoms with van der Waals surface area (Å²) in [6.45, 7) is 5.21. The van der Waals surface area contributed by atoms with Crippen LogP contribution in [0.5, 0.6) is 0 Å². The van der Waals surface area contributed by atoms with Crippen molar-refractivity contribution in [3.63, 3.8) is 0 Å². The number of alkyl halides is 2. The van der Waals surface area contributed by atoms with Crippen LogP contribution in [0.15, 0.2) is 11.6 Å². The van der Waals surface area contributed by atoms with Crippen molar-refractivity contribution in [1.82, 2.24) is 20.1 Å². The Balaban J connectivity index is 1.92. The lowest BCUT2D eigenvalue weighted by atomic mass is 10.1. The first-order valence-electron chi connectivity index (χ1n) is 8.02. The van der Waals surface area contributed by atoms with E-state index in [0.29, 0.717) is 19.6 Å². The summed E-state index contributed by atoms with van der Waals surface area (Å²) >= 11 is 1.52. The maximum absolute atomic E-state index is 12.6. The van der Waals surface area contributed by atoms with Gasteiger partial charge in [0.25, 0.3) is 6.43 Å². The predicted octanol–water partition coefficient (Wildman–Crippen LogP) is 2.97. The Morgan fingerprint density at radius 1 is 1.48 bits per heavy atom. The molecule has 2 amide bonds. The maximum Gasteiger partial charge on any atom is 0.318 e. The third-order valence-corrected chi connectivity index (χ3v) is 5.08. The average molecular weight is 346 g/mol. The van der Waals surface area contributed by atoms with E-state index in [2.05, 4.69) is 10.3 Å². The van der Waals surface area contributed by atoms with E-state index in [9.17, 15) is 13.6 Å². The van der Waals surface area contributed by atoms with Crippen molar-refractivity contribution in [1.29, 1.82) is 0 Å². The summed E-state index contributed by atoms with van der Waals surface area (Å²) in [5.74, 6) is 0. The van der Waals surface area contributed by atoms with E-state index in [-0.39, 0.29) is 24.7 Å². The first-order chi connectivity index (χ1) is 11.0. The molecule has 0 saturated carbocycles. The number of rotatable bonds is 6. The van der Waals surface area contributed by atoms with Crippen molar-refractivity contribution in [3.8, 4) is 0 Å². The molecule has 1 aromatic heterocycles. The summed E-state index contributed by atoms with van der Waals surface area (Å²) in [7, 11) is 0. The van der Waals surface area contributed by atoms with Crippen LogP contribution in [0, 0.1) is 0 Å². The molecular formula is C15H24F2N4OS. The van der Waals surface area contributed by atoms with Crippen molar-refractivity contribution in [3.05, 3.63) is 16.6 Å². The van der Waals surface area contributed by atoms with Crippen LogP contribution in [-0.4, -0.2) is 59.5 Å². The van der Waals surface area contributed by atoms with Crippen LogP contribution in [0.1, 0.15) is 37.7 Å². The van der Waals surface area contributed by atoms with Crippen molar-refractivity contribution in [2.45, 2.75) is 45.2 Å². The van der Waals surface area contributed by atoms with Gasteiger partial charge in [0.2, 0.25) is 0 Å². The number of carbonyl (C=O) groups is 1. The zero-order chi connectivity index (χ0) is 16.8. The van der Waals surface area contributed by atoms with Gasteiger partial charge >= 0.3 is 6.03 Å². The number of halogens is 2. The van der Waals surface area contributed by atoms with E-state index in [1.165, 1.54) is 11.3 Å². The number of hydrogen-bond donors (Lipinski definition) is 1. The fourth-order valence-electron chi connectivity index (χ4n) is 2.87. The zero-order valence-corrected chi connectivity index (χ0v) is 14.4. The van der Waals surface area contributed by atoms with Crippen LogP contribution in [0.3, 0.4) is 0 Å². The molecule has 2 heterocycles. The molecule has 130 valence electrons. The first-order valence-corrected chi connectivity index (χ1v) is 8.90. The van der Waals surface area contributed by atoms with E-state index in [4.69, 9.17) is 0 Å². The highest BCUT2D eigenvalue weighted by Gasteiger charge is 2.30. The van der Waals surface area contributed by atoms with Gasteiger partial charge in [-0.25, -0.2) is 18.6 Å². The molecular weight excluding hydrogens is 322 g/mol. The van der Waals surface area contributed by atoms with Crippen LogP contribution >= 0.6 is 11.3 Å². The smallest absolute Gasteiger partial charge is 0.318 e. The fourth-order valence-corrected chi connectivity index (χ4v) is 3.64. The summed E-state index contributed by atoms with van der Waals surface area (Å²) in [6.07, 6.45) is 0.909. The van der Waals surface area contributed by atoms with E-state index < -0.39 is 6.43 Å². The highest BCUT2D eigenvalue weighted by molar-refractivity contribution is 7.09. The van der Waals surface area contributed by atoms with Gasteiger partial charge < -0.3 is 10.2 Å². The molecule has 2 rings (SSSR count). The van der Waals surface area contributed by atoms with Crippen LogP contribution in [0.25, 0.3) is 0 Å². The van der Waals surface area contributed by atoms with Crippen molar-refractivity contribution in [2.24, 2.45) is 0 Å². The second-order valence-electron chi connectivity index (χ2n) is 5.67. The predicted molar refractivity (Wildman–Crippen MR) is 86.9 cm³/mol. The van der Waals surface area contributed by atoms with Gasteiger partial charge in [-0.3, -0.25) is 4.90 Å². The molecule has 1 aliphatic heterocycles. The van der Waals surface area contributed by atoms with Crippen LogP contribution in [-0.2, 0) is 0 Å². The number of nitrogens with zero attached hydrogens (tertiary/aromatic N) is 3. The topological polar surface area (TPSA) is 48.5 Å². The van der Waals surface area contributed by atoms with E-state index in [0.717, 1.165) is 17.8 Å². The van der Waals surface area contributed by atoms with Crippen LogP contribution < -0.4 is 5.32 Å². The quantitative estimate of drug-likeness (QED) is 0.861. The van der Waals surface area contributed by atoms with Crippen LogP contribution in [0.4, 0.5) is 13.6 Å². The Labute approximate surface area is 139 Å². The Morgan fingerprint density at radius 3 is 2.83 bits per heavy atom. The molecule has 2 atom stereocenters. The monoisotopic (exact) mass is 346 g/mol. The summed E-state index contributed by atoms with van der Waals surface area (Å²) in [6, 6.07) is -0.243. The number of nitrogens with one attached hydrogen (secondary N) is 1. The normalized spacial score (nSPS) is 20.7. The lowest BCUT2D eigenvalue weighted by Crippen LogP contribution is -2.57. The van der Waals surface area contributed by atoms with Gasteiger partial charge in [0.05, 0.1) is 12.6 Å². The van der Waals surface area contributed by atoms with Gasteiger partial charge in [0.15, 0.2) is 0 Å². The lowest BCUT2D eigenvalue weighted by molar-refractivity contribution is 0.0287. The molecule has 0 spiro atoms. The summed E-state index contributed by atoms with van der Waals surface area (Å²) in [5.41, 5.74) is 0. The molecule has 0 aromatic carbocycles. The van der Waals surface area contributed by atoms with Gasteiger partial charge in [-0.1, -0.05) is 13.8 Å². The minimum absolute atomic E-state index is 0.0107. The average Bonchev–Trinajstić information content (AvgIpc) is 3.06. The highest BCUT2D eigenvalue weighted by Crippen LogP contribution is 2.20. The summed E-state index contributed by atoms with van der Waals surface area (Å²) < 4.78 is 25.2. The number of thiazole rings is 1. The van der Waals surface area contributed by atoms with E-state index in [1.54, 1.807) is 16.0 Å². The van der Waals surface area contributed by atoms with Gasteiger partial charge in [-0.05, 0) is 12.8 Å². The van der Waals surface area contributed by atoms with Crippen molar-refractivity contribution in [2.75, 3.05) is 26.2 Å². The Kier molecular flexibility index (Phi) is 6.71. The molecule has 1 N–H and O–H groups in total. The minimum atomic E-state index is -2.33. The number of hydrogen-bond acceptors (Lipinski definition) is 4. The molecule has 1 fully saturated rings. The SMILES string of the molecule is CC[C@@H]1CN(C(=O)N[C@H](CC)c2nccs2)CCN1CC(F)F. The second kappa shape index (κ2) is 8.54. The molecule has 0 bridgehead atoms. The zero-order valence-electron chi connectivity index (χ0n) is 13.5. The Morgan fingerprint density at radius 2 is 2.26 bits per heavy atom. The largest absolute Gasteiger partial charge is 0.329 e. The third kappa shape index (κ3) is 4.84. The highest BCUT2D eigenvalue weighted by atomic mass is 32.1. The molecule has 5 nitrogen and oxygen atoms in total. The van der Waals surface area contributed by atoms with Gasteiger partial charge in [0, 0.05) is 37.3 Å². The van der Waals surface area contributed by atoms with Gasteiger partial charge in [0.1, 0.15) is 5.01 Å². The molecule has 1 aliphatic rings. The Hall–Kier alpha value is -1.28. The van der Waals surface area contributed by atoms with Crippen molar-refractivity contribution < 1.29 is 13.6 Å². The molecule has 0 aliphatic carbocycles. The summed E-state index contributed by atoms with van der Waals surface area (Å²) in [4.78, 5) is 20.2. The summed E-state index contributed by atoms with van der Waals surface area (Å²) in [5, 5.41) is 5.79. The number of carbonyl (C=O) groups excluding carboxylic acids is 1. The number of amides is 2. The number of urea groups is 1. The number of piperazine rings is 1. The van der Waals surface area contributed by atoms with Gasteiger partial charge in [-0.15, -0.1) is 11.3 Å². The third-order valence-electron chi connectivity index (χ3n) is 4.19. The lowest BCUT2D eigenvalue weighted by Gasteiger charge is -2.41. The molecule has 23 heavy (non-hydrogen) atoms. The Bertz CT molecular complexity index is 486. The standard InChI is InChI=1S/C15H24F2N4OS/c1-3-11-9-21(7-6-20(11)10-13(16)17)15(22)19-12(4-2)14-18-5-8-23-14/h5,8,11-13H,3-4,6-7,9-10H2,1-2H3,(H,19,22)/t11-,12-/m1/s1. The second-order valence-corrected chi connectivity index (χ2v) is 6.60. The minimum Gasteiger partial charge on any atom is -0.329 e. The first kappa shape index (κ1) is 18.1. The number of aromatic nitrogens is 1. The van der Waals surface area contributed by atoms with Gasteiger partial charge in [-0.2, -0.15) is 0 Å². The molecule has 0 radical (unpaired) electrons. The van der Waals surface area contributed by atoms with Crippen molar-refractivity contribution >= 4 is 17.4 Å². The maximum atomic E-state index is 12.6. The van der Waals surface area contributed by atoms with E-state index in [1.807, 2.05) is 19.2 Å². The molecule has 0 unspecified atom stereocenters. The molecule has 8 heteroatoms. The van der Waals surface area contributed by atoms with E-state index >= 15 is 0 Å². The van der Waals surface area contributed by atoms with Crippen LogP contribution in [0.2, 0.25) is 0 Å². The fraction of sp³-hybridized carbons (Fsp3) is 0.733. The molecule has 1 saturated heterocycles. The molecule has 1 aromatic rings.